The summed E-state index contributed by atoms with van der Waals surface area (Å²) >= 11 is 0. The van der Waals surface area contributed by atoms with Gasteiger partial charge in [-0.2, -0.15) is 15.1 Å². The van der Waals surface area contributed by atoms with Crippen molar-refractivity contribution in [1.82, 2.24) is 15.0 Å². The van der Waals surface area contributed by atoms with Crippen molar-refractivity contribution in [3.63, 3.8) is 0 Å². The van der Waals surface area contributed by atoms with E-state index in [0.717, 1.165) is 41.1 Å². The van der Waals surface area contributed by atoms with Crippen LogP contribution in [0.2, 0.25) is 0 Å². The highest BCUT2D eigenvalue weighted by Crippen LogP contribution is 2.23. The molecule has 0 unspecified atom stereocenters. The van der Waals surface area contributed by atoms with Gasteiger partial charge in [0, 0.05) is 47.5 Å². The number of hydrazone groups is 1. The molecule has 32 heavy (non-hydrogen) atoms. The molecule has 8 heteroatoms. The van der Waals surface area contributed by atoms with Crippen LogP contribution in [0.15, 0.2) is 65.9 Å². The number of ether oxygens (including phenoxy) is 1. The minimum atomic E-state index is 0.430. The quantitative estimate of drug-likeness (QED) is 0.314. The summed E-state index contributed by atoms with van der Waals surface area (Å²) in [6.45, 7) is 5.02. The standard InChI is InChI=1S/C24H25N7O/c1-17-6-8-19(9-7-17)27-22-14-23(31-10-12-32-13-11-31)29-24(28-22)30-26-16-18-15-25-21-5-3-2-4-20(18)21/h2-9,14-16,25H,10-13H2,1H3,(H2,27,28,29,30)/b26-16+. The van der Waals surface area contributed by atoms with Crippen LogP contribution in [0.1, 0.15) is 11.1 Å². The molecule has 1 fully saturated rings. The molecule has 0 bridgehead atoms. The minimum absolute atomic E-state index is 0.430. The number of aryl methyl sites for hydroxylation is 1. The first-order valence-corrected chi connectivity index (χ1v) is 10.7. The molecule has 1 saturated heterocycles. The molecule has 0 atom stereocenters. The van der Waals surface area contributed by atoms with Crippen molar-refractivity contribution < 1.29 is 4.74 Å². The Balaban J connectivity index is 1.40. The fraction of sp³-hybridized carbons (Fsp3) is 0.208. The van der Waals surface area contributed by atoms with Gasteiger partial charge in [-0.1, -0.05) is 35.9 Å². The monoisotopic (exact) mass is 427 g/mol. The largest absolute Gasteiger partial charge is 0.378 e. The lowest BCUT2D eigenvalue weighted by Gasteiger charge is -2.28. The van der Waals surface area contributed by atoms with Crippen molar-refractivity contribution in [1.29, 1.82) is 0 Å². The number of hydrogen-bond donors (Lipinski definition) is 3. The van der Waals surface area contributed by atoms with E-state index in [2.05, 4.69) is 60.8 Å². The van der Waals surface area contributed by atoms with Gasteiger partial charge in [0.15, 0.2) is 0 Å². The van der Waals surface area contributed by atoms with Crippen LogP contribution >= 0.6 is 0 Å². The Labute approximate surface area is 186 Å². The molecule has 1 aliphatic rings. The Morgan fingerprint density at radius 3 is 2.72 bits per heavy atom. The number of H-pyrrole nitrogens is 1. The van der Waals surface area contributed by atoms with Crippen molar-refractivity contribution >= 4 is 40.4 Å². The minimum Gasteiger partial charge on any atom is -0.378 e. The number of aromatic nitrogens is 3. The van der Waals surface area contributed by atoms with Crippen LogP contribution in [-0.2, 0) is 4.74 Å². The number of fused-ring (bicyclic) bond motifs is 1. The molecule has 1 aliphatic heterocycles. The molecule has 3 heterocycles. The maximum Gasteiger partial charge on any atom is 0.247 e. The molecule has 3 N–H and O–H groups in total. The molecule has 0 radical (unpaired) electrons. The highest BCUT2D eigenvalue weighted by atomic mass is 16.5. The van der Waals surface area contributed by atoms with Crippen LogP contribution in [0.5, 0.6) is 0 Å². The summed E-state index contributed by atoms with van der Waals surface area (Å²) in [7, 11) is 0. The van der Waals surface area contributed by atoms with E-state index in [1.165, 1.54) is 5.56 Å². The van der Waals surface area contributed by atoms with E-state index >= 15 is 0 Å². The van der Waals surface area contributed by atoms with Gasteiger partial charge >= 0.3 is 0 Å². The molecule has 0 amide bonds. The molecule has 2 aromatic heterocycles. The Kier molecular flexibility index (Phi) is 5.67. The Morgan fingerprint density at radius 2 is 1.88 bits per heavy atom. The number of nitrogens with zero attached hydrogens (tertiary/aromatic N) is 4. The lowest BCUT2D eigenvalue weighted by molar-refractivity contribution is 0.122. The molecule has 2 aromatic carbocycles. The number of hydrogen-bond acceptors (Lipinski definition) is 7. The van der Waals surface area contributed by atoms with Crippen LogP contribution in [0, 0.1) is 6.92 Å². The van der Waals surface area contributed by atoms with Crippen LogP contribution in [-0.4, -0.2) is 47.5 Å². The van der Waals surface area contributed by atoms with Crippen molar-refractivity contribution in [2.24, 2.45) is 5.10 Å². The number of nitrogens with one attached hydrogen (secondary N) is 3. The Bertz CT molecular complexity index is 1230. The first-order chi connectivity index (χ1) is 15.7. The first kappa shape index (κ1) is 20.0. The smallest absolute Gasteiger partial charge is 0.247 e. The number of anilines is 4. The van der Waals surface area contributed by atoms with Crippen LogP contribution in [0.4, 0.5) is 23.3 Å². The van der Waals surface area contributed by atoms with Gasteiger partial charge in [0.2, 0.25) is 5.95 Å². The molecule has 0 aliphatic carbocycles. The third-order valence-corrected chi connectivity index (χ3v) is 5.36. The van der Waals surface area contributed by atoms with E-state index in [1.54, 1.807) is 6.21 Å². The van der Waals surface area contributed by atoms with Crippen molar-refractivity contribution in [2.75, 3.05) is 41.9 Å². The maximum atomic E-state index is 5.49. The normalized spacial score (nSPS) is 14.2. The molecule has 5 rings (SSSR count). The third kappa shape index (κ3) is 4.55. The zero-order valence-electron chi connectivity index (χ0n) is 17.9. The number of rotatable bonds is 6. The summed E-state index contributed by atoms with van der Waals surface area (Å²) in [6, 6.07) is 18.3. The van der Waals surface area contributed by atoms with E-state index in [9.17, 15) is 0 Å². The highest BCUT2D eigenvalue weighted by molar-refractivity contribution is 5.99. The average molecular weight is 428 g/mol. The molecule has 4 aromatic rings. The van der Waals surface area contributed by atoms with Gasteiger partial charge in [0.1, 0.15) is 11.6 Å². The summed E-state index contributed by atoms with van der Waals surface area (Å²) in [5.41, 5.74) is 7.24. The van der Waals surface area contributed by atoms with Crippen LogP contribution in [0.3, 0.4) is 0 Å². The lowest BCUT2D eigenvalue weighted by Crippen LogP contribution is -2.36. The van der Waals surface area contributed by atoms with E-state index in [4.69, 9.17) is 4.74 Å². The summed E-state index contributed by atoms with van der Waals surface area (Å²) in [6.07, 6.45) is 3.71. The molecule has 0 spiro atoms. The second-order valence-electron chi connectivity index (χ2n) is 7.69. The van der Waals surface area contributed by atoms with E-state index < -0.39 is 0 Å². The Morgan fingerprint density at radius 1 is 1.06 bits per heavy atom. The molecular formula is C24H25N7O. The zero-order chi connectivity index (χ0) is 21.8. The first-order valence-electron chi connectivity index (χ1n) is 10.7. The van der Waals surface area contributed by atoms with Gasteiger partial charge in [0.05, 0.1) is 19.4 Å². The van der Waals surface area contributed by atoms with Gasteiger partial charge in [-0.3, -0.25) is 0 Å². The molecule has 162 valence electrons. The SMILES string of the molecule is Cc1ccc(Nc2cc(N3CCOCC3)nc(N/N=C/c3c[nH]c4ccccc34)n2)cc1. The van der Waals surface area contributed by atoms with Gasteiger partial charge in [-0.05, 0) is 25.1 Å². The lowest BCUT2D eigenvalue weighted by atomic mass is 10.2. The second-order valence-corrected chi connectivity index (χ2v) is 7.69. The molecule has 0 saturated carbocycles. The van der Waals surface area contributed by atoms with Crippen LogP contribution in [0.25, 0.3) is 10.9 Å². The van der Waals surface area contributed by atoms with E-state index in [-0.39, 0.29) is 0 Å². The van der Waals surface area contributed by atoms with E-state index in [1.807, 2.05) is 42.6 Å². The summed E-state index contributed by atoms with van der Waals surface area (Å²) in [5.74, 6) is 1.97. The van der Waals surface area contributed by atoms with E-state index in [0.29, 0.717) is 25.0 Å². The van der Waals surface area contributed by atoms with Gasteiger partial charge in [-0.25, -0.2) is 5.43 Å². The second kappa shape index (κ2) is 9.07. The maximum absolute atomic E-state index is 5.49. The van der Waals surface area contributed by atoms with Crippen molar-refractivity contribution in [3.8, 4) is 0 Å². The highest BCUT2D eigenvalue weighted by Gasteiger charge is 2.15. The summed E-state index contributed by atoms with van der Waals surface area (Å²) < 4.78 is 5.49. The molecule has 8 nitrogen and oxygen atoms in total. The van der Waals surface area contributed by atoms with Crippen molar-refractivity contribution in [2.45, 2.75) is 6.92 Å². The number of morpholine rings is 1. The zero-order valence-corrected chi connectivity index (χ0v) is 17.9. The van der Waals surface area contributed by atoms with Gasteiger partial charge < -0.3 is 19.9 Å². The van der Waals surface area contributed by atoms with Crippen molar-refractivity contribution in [3.05, 3.63) is 71.9 Å². The topological polar surface area (TPSA) is 90.5 Å². The fourth-order valence-electron chi connectivity index (χ4n) is 3.65. The number of aromatic amines is 1. The third-order valence-electron chi connectivity index (χ3n) is 5.36. The van der Waals surface area contributed by atoms with Gasteiger partial charge in [-0.15, -0.1) is 0 Å². The van der Waals surface area contributed by atoms with Gasteiger partial charge in [0.25, 0.3) is 0 Å². The molecular weight excluding hydrogens is 402 g/mol. The predicted molar refractivity (Wildman–Crippen MR) is 129 cm³/mol. The predicted octanol–water partition coefficient (Wildman–Crippen LogP) is 4.29. The number of para-hydroxylation sites is 1. The number of benzene rings is 2. The Hall–Kier alpha value is -3.91. The van der Waals surface area contributed by atoms with Crippen LogP contribution < -0.4 is 15.6 Å². The average Bonchev–Trinajstić information content (AvgIpc) is 3.24. The summed E-state index contributed by atoms with van der Waals surface area (Å²) in [4.78, 5) is 14.7. The summed E-state index contributed by atoms with van der Waals surface area (Å²) in [5, 5.41) is 8.88. The fourth-order valence-corrected chi connectivity index (χ4v) is 3.65.